The van der Waals surface area contributed by atoms with E-state index in [0.717, 1.165) is 24.8 Å². The third-order valence-corrected chi connectivity index (χ3v) is 4.10. The van der Waals surface area contributed by atoms with Crippen molar-refractivity contribution in [2.75, 3.05) is 0 Å². The Kier molecular flexibility index (Phi) is 4.76. The molecule has 0 aromatic heterocycles. The topological polar surface area (TPSA) is 66.8 Å². The molecule has 116 valence electrons. The molecule has 1 aromatic carbocycles. The zero-order valence-electron chi connectivity index (χ0n) is 12.8. The Bertz CT molecular complexity index is 508. The first-order chi connectivity index (χ1) is 9.85. The molecule has 4 nitrogen and oxygen atoms in total. The van der Waals surface area contributed by atoms with Crippen LogP contribution in [0, 0.1) is 5.41 Å². The summed E-state index contributed by atoms with van der Waals surface area (Å²) >= 11 is 0. The second-order valence-electron chi connectivity index (χ2n) is 6.70. The van der Waals surface area contributed by atoms with E-state index in [-0.39, 0.29) is 18.3 Å². The summed E-state index contributed by atoms with van der Waals surface area (Å²) in [5.74, 6) is -0.106. The predicted octanol–water partition coefficient (Wildman–Crippen LogP) is 3.76. The third kappa shape index (κ3) is 4.66. The molecule has 0 radical (unpaired) electrons. The molecule has 1 fully saturated rings. The monoisotopic (exact) mass is 292 g/mol. The lowest BCUT2D eigenvalue weighted by molar-refractivity contribution is -0.137. The number of ether oxygens (including phenoxy) is 1. The second-order valence-corrected chi connectivity index (χ2v) is 6.70. The fourth-order valence-electron chi connectivity index (χ4n) is 2.90. The molecule has 0 spiro atoms. The average molecular weight is 292 g/mol. The Morgan fingerprint density at radius 2 is 2.19 bits per heavy atom. The molecular weight excluding hydrogens is 268 g/mol. The number of carbonyl (C=O) groups is 1. The lowest BCUT2D eigenvalue weighted by Crippen LogP contribution is -2.15. The van der Waals surface area contributed by atoms with E-state index in [1.54, 1.807) is 6.07 Å². The summed E-state index contributed by atoms with van der Waals surface area (Å²) in [6.45, 7) is 4.47. The molecule has 1 atom stereocenters. The molecule has 0 bridgehead atoms. The van der Waals surface area contributed by atoms with E-state index in [1.807, 2.05) is 12.1 Å². The number of carboxylic acids is 1. The summed E-state index contributed by atoms with van der Waals surface area (Å²) in [5, 5.41) is 18.6. The number of hydrogen-bond acceptors (Lipinski definition) is 3. The smallest absolute Gasteiger partial charge is 0.303 e. The van der Waals surface area contributed by atoms with Crippen molar-refractivity contribution < 1.29 is 19.7 Å². The SMILES string of the molecule is CC1(C)CCC(Oc2cc(CCCC(=O)O)ccc2O)C1. The quantitative estimate of drug-likeness (QED) is 0.838. The summed E-state index contributed by atoms with van der Waals surface area (Å²) in [7, 11) is 0. The number of aromatic hydroxyl groups is 1. The summed E-state index contributed by atoms with van der Waals surface area (Å²) in [4.78, 5) is 10.5. The number of phenols is 1. The van der Waals surface area contributed by atoms with E-state index in [1.165, 1.54) is 0 Å². The summed E-state index contributed by atoms with van der Waals surface area (Å²) < 4.78 is 5.94. The molecule has 2 N–H and O–H groups in total. The largest absolute Gasteiger partial charge is 0.504 e. The lowest BCUT2D eigenvalue weighted by Gasteiger charge is -2.19. The van der Waals surface area contributed by atoms with Gasteiger partial charge in [-0.25, -0.2) is 0 Å². The molecule has 1 aliphatic rings. The van der Waals surface area contributed by atoms with E-state index in [4.69, 9.17) is 9.84 Å². The van der Waals surface area contributed by atoms with E-state index in [2.05, 4.69) is 13.8 Å². The van der Waals surface area contributed by atoms with Gasteiger partial charge in [0.1, 0.15) is 0 Å². The number of benzene rings is 1. The van der Waals surface area contributed by atoms with Gasteiger partial charge in [-0.05, 0) is 55.2 Å². The van der Waals surface area contributed by atoms with Crippen molar-refractivity contribution in [2.45, 2.75) is 58.5 Å². The number of hydrogen-bond donors (Lipinski definition) is 2. The molecule has 1 unspecified atom stereocenters. The van der Waals surface area contributed by atoms with E-state index >= 15 is 0 Å². The van der Waals surface area contributed by atoms with Gasteiger partial charge in [0.05, 0.1) is 6.10 Å². The first-order valence-corrected chi connectivity index (χ1v) is 7.56. The average Bonchev–Trinajstić information content (AvgIpc) is 2.72. The predicted molar refractivity (Wildman–Crippen MR) is 80.7 cm³/mol. The number of rotatable bonds is 6. The van der Waals surface area contributed by atoms with Gasteiger partial charge in [-0.15, -0.1) is 0 Å². The number of aliphatic carboxylic acids is 1. The fraction of sp³-hybridized carbons (Fsp3) is 0.588. The van der Waals surface area contributed by atoms with Gasteiger partial charge in [0, 0.05) is 6.42 Å². The van der Waals surface area contributed by atoms with Crippen LogP contribution >= 0.6 is 0 Å². The molecule has 0 aliphatic heterocycles. The van der Waals surface area contributed by atoms with Gasteiger partial charge in [-0.1, -0.05) is 19.9 Å². The van der Waals surface area contributed by atoms with Gasteiger partial charge in [0.2, 0.25) is 0 Å². The first kappa shape index (κ1) is 15.7. The highest BCUT2D eigenvalue weighted by Crippen LogP contribution is 2.40. The van der Waals surface area contributed by atoms with Crippen molar-refractivity contribution in [3.8, 4) is 11.5 Å². The molecule has 0 amide bonds. The van der Waals surface area contributed by atoms with Crippen LogP contribution in [0.25, 0.3) is 0 Å². The van der Waals surface area contributed by atoms with Crippen molar-refractivity contribution in [1.29, 1.82) is 0 Å². The summed E-state index contributed by atoms with van der Waals surface area (Å²) in [6, 6.07) is 5.29. The van der Waals surface area contributed by atoms with Crippen LogP contribution in [0.3, 0.4) is 0 Å². The summed E-state index contributed by atoms with van der Waals surface area (Å²) in [5.41, 5.74) is 1.31. The van der Waals surface area contributed by atoms with Crippen molar-refractivity contribution in [3.63, 3.8) is 0 Å². The first-order valence-electron chi connectivity index (χ1n) is 7.56. The highest BCUT2D eigenvalue weighted by atomic mass is 16.5. The minimum Gasteiger partial charge on any atom is -0.504 e. The summed E-state index contributed by atoms with van der Waals surface area (Å²) in [6.07, 6.45) is 4.73. The van der Waals surface area contributed by atoms with E-state index in [0.29, 0.717) is 24.0 Å². The van der Waals surface area contributed by atoms with Crippen molar-refractivity contribution in [1.82, 2.24) is 0 Å². The van der Waals surface area contributed by atoms with Gasteiger partial charge in [-0.3, -0.25) is 4.79 Å². The van der Waals surface area contributed by atoms with Crippen LogP contribution in [-0.4, -0.2) is 22.3 Å². The number of aryl methyl sites for hydroxylation is 1. The van der Waals surface area contributed by atoms with Crippen LogP contribution in [0.5, 0.6) is 11.5 Å². The van der Waals surface area contributed by atoms with Crippen molar-refractivity contribution >= 4 is 5.97 Å². The number of phenolic OH excluding ortho intramolecular Hbond substituents is 1. The van der Waals surface area contributed by atoms with E-state index in [9.17, 15) is 9.90 Å². The molecular formula is C17H24O4. The zero-order chi connectivity index (χ0) is 15.5. The minimum atomic E-state index is -0.779. The molecule has 0 saturated heterocycles. The Morgan fingerprint density at radius 1 is 1.43 bits per heavy atom. The Hall–Kier alpha value is -1.71. The number of carboxylic acid groups (broad SMARTS) is 1. The van der Waals surface area contributed by atoms with Crippen LogP contribution < -0.4 is 4.74 Å². The maximum absolute atomic E-state index is 10.5. The standard InChI is InChI=1S/C17H24O4/c1-17(2)9-8-13(11-17)21-15-10-12(6-7-14(15)18)4-3-5-16(19)20/h6-7,10,13,18H,3-5,8-9,11H2,1-2H3,(H,19,20). The molecule has 0 heterocycles. The molecule has 1 aromatic rings. The van der Waals surface area contributed by atoms with Gasteiger partial charge >= 0.3 is 5.97 Å². The van der Waals surface area contributed by atoms with Crippen LogP contribution in [0.4, 0.5) is 0 Å². The van der Waals surface area contributed by atoms with Crippen LogP contribution in [-0.2, 0) is 11.2 Å². The maximum Gasteiger partial charge on any atom is 0.303 e. The highest BCUT2D eigenvalue weighted by Gasteiger charge is 2.32. The van der Waals surface area contributed by atoms with Gasteiger partial charge in [0.25, 0.3) is 0 Å². The van der Waals surface area contributed by atoms with Gasteiger partial charge < -0.3 is 14.9 Å². The zero-order valence-corrected chi connectivity index (χ0v) is 12.8. The van der Waals surface area contributed by atoms with E-state index < -0.39 is 5.97 Å². The van der Waals surface area contributed by atoms with Crippen molar-refractivity contribution in [3.05, 3.63) is 23.8 Å². The Morgan fingerprint density at radius 3 is 2.81 bits per heavy atom. The van der Waals surface area contributed by atoms with Crippen LogP contribution in [0.15, 0.2) is 18.2 Å². The molecule has 1 aliphatic carbocycles. The van der Waals surface area contributed by atoms with Crippen molar-refractivity contribution in [2.24, 2.45) is 5.41 Å². The maximum atomic E-state index is 10.5. The molecule has 4 heteroatoms. The minimum absolute atomic E-state index is 0.153. The Labute approximate surface area is 125 Å². The molecule has 21 heavy (non-hydrogen) atoms. The Balaban J connectivity index is 1.97. The highest BCUT2D eigenvalue weighted by molar-refractivity contribution is 5.66. The molecule has 1 saturated carbocycles. The van der Waals surface area contributed by atoms with Gasteiger partial charge in [-0.2, -0.15) is 0 Å². The van der Waals surface area contributed by atoms with Gasteiger partial charge in [0.15, 0.2) is 11.5 Å². The third-order valence-electron chi connectivity index (χ3n) is 4.10. The normalized spacial score (nSPS) is 20.4. The van der Waals surface area contributed by atoms with Crippen LogP contribution in [0.2, 0.25) is 0 Å². The van der Waals surface area contributed by atoms with Crippen LogP contribution in [0.1, 0.15) is 51.5 Å². The molecule has 2 rings (SSSR count). The lowest BCUT2D eigenvalue weighted by atomic mass is 9.92. The second kappa shape index (κ2) is 6.37. The fourth-order valence-corrected chi connectivity index (χ4v) is 2.90.